The Bertz CT molecular complexity index is 1410. The Balaban J connectivity index is 1.91. The number of nitrogens with zero attached hydrogens (tertiary/aromatic N) is 2. The Morgan fingerprint density at radius 2 is 1.54 bits per heavy atom. The summed E-state index contributed by atoms with van der Waals surface area (Å²) in [6, 6.07) is 24.2. The number of hydrogen-bond acceptors (Lipinski definition) is 2. The monoisotopic (exact) mass is 390 g/mol. The van der Waals surface area contributed by atoms with Crippen LogP contribution in [-0.2, 0) is 0 Å². The van der Waals surface area contributed by atoms with Crippen molar-refractivity contribution in [2.24, 2.45) is 0 Å². The van der Waals surface area contributed by atoms with Crippen LogP contribution in [-0.4, -0.2) is 27.1 Å². The summed E-state index contributed by atoms with van der Waals surface area (Å²) >= 11 is 1.28. The molecule has 0 saturated heterocycles. The van der Waals surface area contributed by atoms with Crippen LogP contribution in [0.1, 0.15) is 5.69 Å². The third kappa shape index (κ3) is 2.30. The van der Waals surface area contributed by atoms with Crippen LogP contribution in [0.2, 0.25) is 0 Å². The molecule has 0 aliphatic heterocycles. The summed E-state index contributed by atoms with van der Waals surface area (Å²) in [6.07, 6.45) is 2.01. The molecule has 0 atom stereocenters. The maximum absolute atomic E-state index is 12.9. The first-order valence-electron chi connectivity index (χ1n) is 8.41. The van der Waals surface area contributed by atoms with Crippen molar-refractivity contribution in [2.75, 3.05) is 0 Å². The van der Waals surface area contributed by atoms with E-state index in [1.54, 1.807) is 3.27 Å². The fraction of sp³-hybridized carbons (Fsp3) is 0. The van der Waals surface area contributed by atoms with Crippen LogP contribution in [0, 0.1) is 0 Å². The minimum absolute atomic E-state index is 0.0429. The minimum atomic E-state index is 0.0429. The molecule has 0 bridgehead atoms. The summed E-state index contributed by atoms with van der Waals surface area (Å²) in [5.41, 5.74) is 1.85. The number of aromatic nitrogens is 2. The predicted octanol–water partition coefficient (Wildman–Crippen LogP) is 3.18. The molecule has 0 saturated carbocycles. The fourth-order valence-electron chi connectivity index (χ4n) is 3.55. The molecule has 0 aliphatic rings. The number of pyridine rings is 2. The summed E-state index contributed by atoms with van der Waals surface area (Å²) < 4.78 is 1.78. The van der Waals surface area contributed by atoms with Gasteiger partial charge in [0.25, 0.3) is 0 Å². The molecule has 120 valence electrons. The van der Waals surface area contributed by atoms with Crippen LogP contribution >= 0.6 is 0 Å². The topological polar surface area (TPSA) is 34.9 Å². The molecular weight excluding hydrogens is 378 g/mol. The average molecular weight is 391 g/mol. The summed E-state index contributed by atoms with van der Waals surface area (Å²) in [7, 11) is 0. The number of rotatable bonds is 1. The van der Waals surface area contributed by atoms with E-state index in [9.17, 15) is 4.79 Å². The van der Waals surface area contributed by atoms with Crippen molar-refractivity contribution in [1.29, 1.82) is 0 Å². The van der Waals surface area contributed by atoms with Crippen LogP contribution in [0.4, 0.5) is 0 Å². The SMILES string of the molecule is O=c1c2cccc3cccc(c(=Cc4ccc5ccccc5n4)[n]1[Ga])c32. The average Bonchev–Trinajstić information content (AvgIpc) is 2.69. The normalized spacial score (nSPS) is 12.4. The second-order valence-electron chi connectivity index (χ2n) is 6.34. The van der Waals surface area contributed by atoms with Gasteiger partial charge in [0.05, 0.1) is 0 Å². The summed E-state index contributed by atoms with van der Waals surface area (Å²) in [5, 5.41) is 5.98. The van der Waals surface area contributed by atoms with E-state index in [0.717, 1.165) is 43.5 Å². The molecule has 26 heavy (non-hydrogen) atoms. The standard InChI is InChI=1S/C22H14N2O.Ga/c25-22-18-9-4-7-15-6-3-8-17(21(15)18)20(24-22)13-16-12-11-14-5-1-2-10-19(14)23-16;/h1-13H,(H,23,24,25);/q;+1/p-1. The van der Waals surface area contributed by atoms with Gasteiger partial charge in [0.2, 0.25) is 0 Å². The molecular formula is C22H13GaN2O. The van der Waals surface area contributed by atoms with Gasteiger partial charge in [-0.1, -0.05) is 0 Å². The van der Waals surface area contributed by atoms with Gasteiger partial charge in [0, 0.05) is 0 Å². The first kappa shape index (κ1) is 15.4. The van der Waals surface area contributed by atoms with Gasteiger partial charge in [-0.2, -0.15) is 0 Å². The molecule has 4 heteroatoms. The van der Waals surface area contributed by atoms with Crippen LogP contribution in [0.5, 0.6) is 0 Å². The summed E-state index contributed by atoms with van der Waals surface area (Å²) in [6.45, 7) is 0. The van der Waals surface area contributed by atoms with Gasteiger partial charge in [-0.05, 0) is 0 Å². The molecule has 0 N–H and O–H groups in total. The Kier molecular flexibility index (Phi) is 3.48. The van der Waals surface area contributed by atoms with E-state index in [-0.39, 0.29) is 5.56 Å². The van der Waals surface area contributed by atoms with Gasteiger partial charge >= 0.3 is 160 Å². The second kappa shape index (κ2) is 5.87. The Morgan fingerprint density at radius 3 is 2.38 bits per heavy atom. The van der Waals surface area contributed by atoms with Crippen molar-refractivity contribution in [3.63, 3.8) is 0 Å². The van der Waals surface area contributed by atoms with E-state index in [1.807, 2.05) is 48.5 Å². The van der Waals surface area contributed by atoms with Crippen molar-refractivity contribution in [2.45, 2.75) is 0 Å². The Morgan fingerprint density at radius 1 is 0.808 bits per heavy atom. The van der Waals surface area contributed by atoms with Crippen molar-refractivity contribution >= 4 is 57.4 Å². The van der Waals surface area contributed by atoms with E-state index >= 15 is 0 Å². The van der Waals surface area contributed by atoms with Crippen LogP contribution < -0.4 is 10.9 Å². The molecule has 3 aromatic carbocycles. The van der Waals surface area contributed by atoms with Crippen molar-refractivity contribution < 1.29 is 0 Å². The first-order valence-corrected chi connectivity index (χ1v) is 9.49. The predicted molar refractivity (Wildman–Crippen MR) is 107 cm³/mol. The van der Waals surface area contributed by atoms with Gasteiger partial charge in [0.1, 0.15) is 0 Å². The second-order valence-corrected chi connectivity index (χ2v) is 7.43. The van der Waals surface area contributed by atoms with E-state index in [4.69, 9.17) is 4.98 Å². The summed E-state index contributed by atoms with van der Waals surface area (Å²) in [5.74, 6) is 0. The van der Waals surface area contributed by atoms with Gasteiger partial charge in [-0.25, -0.2) is 0 Å². The van der Waals surface area contributed by atoms with Gasteiger partial charge < -0.3 is 0 Å². The quantitative estimate of drug-likeness (QED) is 0.412. The zero-order valence-electron chi connectivity index (χ0n) is 13.9. The summed E-state index contributed by atoms with van der Waals surface area (Å²) in [4.78, 5) is 17.6. The number of fused-ring (bicyclic) bond motifs is 1. The molecule has 3 nitrogen and oxygen atoms in total. The van der Waals surface area contributed by atoms with E-state index in [0.29, 0.717) is 0 Å². The van der Waals surface area contributed by atoms with Gasteiger partial charge in [-0.3, -0.25) is 0 Å². The molecule has 5 rings (SSSR count). The third-order valence-corrected chi connectivity index (χ3v) is 5.87. The number of para-hydroxylation sites is 1. The first-order chi connectivity index (χ1) is 12.7. The van der Waals surface area contributed by atoms with Crippen LogP contribution in [0.25, 0.3) is 38.5 Å². The molecule has 2 aromatic heterocycles. The molecule has 0 spiro atoms. The maximum atomic E-state index is 12.9. The fourth-order valence-corrected chi connectivity index (χ4v) is 4.29. The van der Waals surface area contributed by atoms with E-state index < -0.39 is 0 Å². The Hall–Kier alpha value is -2.82. The van der Waals surface area contributed by atoms with Crippen molar-refractivity contribution in [3.8, 4) is 0 Å². The molecule has 2 radical (unpaired) electrons. The Labute approximate surface area is 159 Å². The third-order valence-electron chi connectivity index (χ3n) is 4.79. The molecule has 0 unspecified atom stereocenters. The molecule has 5 aromatic rings. The van der Waals surface area contributed by atoms with Crippen molar-refractivity contribution in [3.05, 3.63) is 94.2 Å². The van der Waals surface area contributed by atoms with Gasteiger partial charge in [0.15, 0.2) is 0 Å². The molecule has 0 fully saturated rings. The molecule has 0 aliphatic carbocycles. The van der Waals surface area contributed by atoms with Crippen LogP contribution in [0.15, 0.2) is 77.6 Å². The zero-order chi connectivity index (χ0) is 17.7. The molecule has 2 heterocycles. The number of hydrogen-bond donors (Lipinski definition) is 0. The molecule has 0 amide bonds. The van der Waals surface area contributed by atoms with Crippen molar-refractivity contribution in [1.82, 2.24) is 8.26 Å². The zero-order valence-corrected chi connectivity index (χ0v) is 16.3. The van der Waals surface area contributed by atoms with E-state index in [1.165, 1.54) is 18.8 Å². The van der Waals surface area contributed by atoms with E-state index in [2.05, 4.69) is 30.3 Å². The van der Waals surface area contributed by atoms with Crippen LogP contribution in [0.3, 0.4) is 0 Å². The van der Waals surface area contributed by atoms with Gasteiger partial charge in [-0.15, -0.1) is 0 Å². The number of benzene rings is 3.